The lowest BCUT2D eigenvalue weighted by Gasteiger charge is -2.23. The second kappa shape index (κ2) is 4.81. The molecule has 106 valence electrons. The van der Waals surface area contributed by atoms with Crippen LogP contribution in [0.4, 0.5) is 0 Å². The van der Waals surface area contributed by atoms with Crippen molar-refractivity contribution in [2.45, 2.75) is 31.3 Å². The fourth-order valence-electron chi connectivity index (χ4n) is 3.48. The maximum atomic E-state index is 12.6. The SMILES string of the molecule is COc1cccc(C(=O)N2C3CCC2C(C(=O)O)C3)c1. The lowest BCUT2D eigenvalue weighted by atomic mass is 9.89. The van der Waals surface area contributed by atoms with Gasteiger partial charge in [-0.3, -0.25) is 9.59 Å². The molecule has 2 aliphatic rings. The zero-order valence-electron chi connectivity index (χ0n) is 11.3. The lowest BCUT2D eigenvalue weighted by molar-refractivity contribution is -0.142. The minimum Gasteiger partial charge on any atom is -0.497 e. The van der Waals surface area contributed by atoms with E-state index in [1.165, 1.54) is 0 Å². The van der Waals surface area contributed by atoms with Crippen LogP contribution in [0, 0.1) is 5.92 Å². The Kier molecular flexibility index (Phi) is 3.12. The quantitative estimate of drug-likeness (QED) is 0.913. The predicted molar refractivity (Wildman–Crippen MR) is 71.7 cm³/mol. The van der Waals surface area contributed by atoms with Crippen molar-refractivity contribution >= 4 is 11.9 Å². The van der Waals surface area contributed by atoms with Gasteiger partial charge in [0.2, 0.25) is 0 Å². The van der Waals surface area contributed by atoms with Gasteiger partial charge in [0.05, 0.1) is 13.0 Å². The van der Waals surface area contributed by atoms with Crippen molar-refractivity contribution in [2.24, 2.45) is 5.92 Å². The van der Waals surface area contributed by atoms with Crippen molar-refractivity contribution in [3.63, 3.8) is 0 Å². The van der Waals surface area contributed by atoms with Crippen LogP contribution in [0.5, 0.6) is 5.75 Å². The summed E-state index contributed by atoms with van der Waals surface area (Å²) in [6, 6.07) is 6.93. The minimum absolute atomic E-state index is 0.0693. The van der Waals surface area contributed by atoms with Crippen LogP contribution in [0.1, 0.15) is 29.6 Å². The fourth-order valence-corrected chi connectivity index (χ4v) is 3.48. The summed E-state index contributed by atoms with van der Waals surface area (Å²) in [5.74, 6) is -0.652. The molecule has 1 aromatic carbocycles. The second-order valence-corrected chi connectivity index (χ2v) is 5.42. The number of fused-ring (bicyclic) bond motifs is 2. The summed E-state index contributed by atoms with van der Waals surface area (Å²) in [5, 5.41) is 9.23. The van der Waals surface area contributed by atoms with Gasteiger partial charge in [0.1, 0.15) is 5.75 Å². The molecule has 20 heavy (non-hydrogen) atoms. The van der Waals surface area contributed by atoms with Gasteiger partial charge in [-0.2, -0.15) is 0 Å². The molecule has 5 nitrogen and oxygen atoms in total. The number of carboxylic acid groups (broad SMARTS) is 1. The van der Waals surface area contributed by atoms with E-state index in [1.54, 1.807) is 36.3 Å². The largest absolute Gasteiger partial charge is 0.497 e. The van der Waals surface area contributed by atoms with Gasteiger partial charge in [0.15, 0.2) is 0 Å². The molecule has 2 bridgehead atoms. The number of methoxy groups -OCH3 is 1. The van der Waals surface area contributed by atoms with Crippen molar-refractivity contribution in [3.8, 4) is 5.75 Å². The molecule has 1 aromatic rings. The highest BCUT2D eigenvalue weighted by Crippen LogP contribution is 2.42. The second-order valence-electron chi connectivity index (χ2n) is 5.42. The predicted octanol–water partition coefficient (Wildman–Crippen LogP) is 1.77. The van der Waals surface area contributed by atoms with Crippen LogP contribution >= 0.6 is 0 Å². The molecule has 0 aliphatic carbocycles. The molecule has 1 N–H and O–H groups in total. The molecule has 0 saturated carbocycles. The number of hydrogen-bond acceptors (Lipinski definition) is 3. The molecular weight excluding hydrogens is 258 g/mol. The highest BCUT2D eigenvalue weighted by Gasteiger charge is 2.51. The third-order valence-corrected chi connectivity index (χ3v) is 4.41. The van der Waals surface area contributed by atoms with Crippen LogP contribution in [-0.2, 0) is 4.79 Å². The topological polar surface area (TPSA) is 66.8 Å². The Labute approximate surface area is 117 Å². The Morgan fingerprint density at radius 3 is 2.80 bits per heavy atom. The van der Waals surface area contributed by atoms with E-state index >= 15 is 0 Å². The van der Waals surface area contributed by atoms with Gasteiger partial charge < -0.3 is 14.7 Å². The van der Waals surface area contributed by atoms with Crippen molar-refractivity contribution in [1.82, 2.24) is 4.90 Å². The van der Waals surface area contributed by atoms with E-state index < -0.39 is 11.9 Å². The lowest BCUT2D eigenvalue weighted by Crippen LogP contribution is -2.37. The number of aliphatic carboxylic acids is 1. The van der Waals surface area contributed by atoms with E-state index in [-0.39, 0.29) is 18.0 Å². The van der Waals surface area contributed by atoms with E-state index in [9.17, 15) is 14.7 Å². The Bertz CT molecular complexity index is 557. The molecule has 1 amide bonds. The molecule has 0 radical (unpaired) electrons. The first-order chi connectivity index (χ1) is 9.61. The number of carbonyl (C=O) groups excluding carboxylic acids is 1. The summed E-state index contributed by atoms with van der Waals surface area (Å²) < 4.78 is 5.13. The molecular formula is C15H17NO4. The third-order valence-electron chi connectivity index (χ3n) is 4.41. The van der Waals surface area contributed by atoms with Crippen molar-refractivity contribution in [1.29, 1.82) is 0 Å². The number of nitrogens with zero attached hydrogens (tertiary/aromatic N) is 1. The number of hydrogen-bond donors (Lipinski definition) is 1. The average Bonchev–Trinajstić information content (AvgIpc) is 3.04. The summed E-state index contributed by atoms with van der Waals surface area (Å²) in [5.41, 5.74) is 0.562. The van der Waals surface area contributed by atoms with Crippen LogP contribution in [-0.4, -0.2) is 41.1 Å². The molecule has 5 heteroatoms. The molecule has 2 heterocycles. The molecule has 2 fully saturated rings. The summed E-state index contributed by atoms with van der Waals surface area (Å²) in [6.45, 7) is 0. The van der Waals surface area contributed by atoms with Gasteiger partial charge >= 0.3 is 5.97 Å². The number of carboxylic acids is 1. The molecule has 3 rings (SSSR count). The first-order valence-corrected chi connectivity index (χ1v) is 6.81. The zero-order valence-corrected chi connectivity index (χ0v) is 11.3. The maximum absolute atomic E-state index is 12.6. The van der Waals surface area contributed by atoms with E-state index in [0.29, 0.717) is 17.7 Å². The normalized spacial score (nSPS) is 27.6. The molecule has 2 aliphatic heterocycles. The van der Waals surface area contributed by atoms with Gasteiger partial charge in [-0.15, -0.1) is 0 Å². The monoisotopic (exact) mass is 275 g/mol. The number of carbonyl (C=O) groups is 2. The highest BCUT2D eigenvalue weighted by atomic mass is 16.5. The van der Waals surface area contributed by atoms with Crippen LogP contribution < -0.4 is 4.74 Å². The summed E-state index contributed by atoms with van der Waals surface area (Å²) in [6.07, 6.45) is 2.28. The molecule has 0 aromatic heterocycles. The average molecular weight is 275 g/mol. The Morgan fingerprint density at radius 2 is 2.15 bits per heavy atom. The van der Waals surface area contributed by atoms with Gasteiger partial charge in [-0.05, 0) is 37.5 Å². The van der Waals surface area contributed by atoms with Crippen molar-refractivity contribution in [2.75, 3.05) is 7.11 Å². The van der Waals surface area contributed by atoms with E-state index in [4.69, 9.17) is 4.74 Å². The van der Waals surface area contributed by atoms with Crippen LogP contribution in [0.3, 0.4) is 0 Å². The van der Waals surface area contributed by atoms with E-state index in [1.807, 2.05) is 0 Å². The summed E-state index contributed by atoms with van der Waals surface area (Å²) >= 11 is 0. The standard InChI is InChI=1S/C15H17NO4/c1-20-11-4-2-3-9(7-11)14(17)16-10-5-6-13(16)12(8-10)15(18)19/h2-4,7,10,12-13H,5-6,8H2,1H3,(H,18,19). The van der Waals surface area contributed by atoms with Gasteiger partial charge in [-0.1, -0.05) is 6.07 Å². The fraction of sp³-hybridized carbons (Fsp3) is 0.467. The Hall–Kier alpha value is -2.04. The molecule has 3 unspecified atom stereocenters. The first-order valence-electron chi connectivity index (χ1n) is 6.81. The number of ether oxygens (including phenoxy) is 1. The molecule has 3 atom stereocenters. The smallest absolute Gasteiger partial charge is 0.308 e. The van der Waals surface area contributed by atoms with Crippen molar-refractivity contribution in [3.05, 3.63) is 29.8 Å². The van der Waals surface area contributed by atoms with E-state index in [0.717, 1.165) is 12.8 Å². The Balaban J connectivity index is 1.86. The number of benzene rings is 1. The minimum atomic E-state index is -0.791. The Morgan fingerprint density at radius 1 is 1.35 bits per heavy atom. The number of rotatable bonds is 3. The summed E-state index contributed by atoms with van der Waals surface area (Å²) in [7, 11) is 1.56. The highest BCUT2D eigenvalue weighted by molar-refractivity contribution is 5.96. The third kappa shape index (κ3) is 1.94. The van der Waals surface area contributed by atoms with Crippen LogP contribution in [0.15, 0.2) is 24.3 Å². The molecule has 0 spiro atoms. The molecule has 2 saturated heterocycles. The first kappa shape index (κ1) is 13.0. The zero-order chi connectivity index (χ0) is 14.3. The van der Waals surface area contributed by atoms with Crippen molar-refractivity contribution < 1.29 is 19.4 Å². The van der Waals surface area contributed by atoms with Gasteiger partial charge in [0.25, 0.3) is 5.91 Å². The van der Waals surface area contributed by atoms with Gasteiger partial charge in [0, 0.05) is 17.6 Å². The van der Waals surface area contributed by atoms with Gasteiger partial charge in [-0.25, -0.2) is 0 Å². The summed E-state index contributed by atoms with van der Waals surface area (Å²) in [4.78, 5) is 25.6. The number of amides is 1. The maximum Gasteiger partial charge on any atom is 0.308 e. The van der Waals surface area contributed by atoms with E-state index in [2.05, 4.69) is 0 Å². The van der Waals surface area contributed by atoms with Crippen LogP contribution in [0.2, 0.25) is 0 Å². The van der Waals surface area contributed by atoms with Crippen LogP contribution in [0.25, 0.3) is 0 Å².